The first-order chi connectivity index (χ1) is 17.2. The molecule has 2 N–H and O–H groups in total. The minimum absolute atomic E-state index is 0.0684. The van der Waals surface area contributed by atoms with Crippen molar-refractivity contribution in [3.05, 3.63) is 81.6 Å². The second-order valence-electron chi connectivity index (χ2n) is 8.31. The normalized spacial score (nSPS) is 11.8. The maximum Gasteiger partial charge on any atom is 0.253 e. The summed E-state index contributed by atoms with van der Waals surface area (Å²) in [5, 5.41) is 16.0. The summed E-state index contributed by atoms with van der Waals surface area (Å²) >= 11 is 19.6. The molecular formula is C25H26Cl3N5O2S. The van der Waals surface area contributed by atoms with Crippen LogP contribution < -0.4 is 10.6 Å². The molecule has 3 aromatic rings. The largest absolute Gasteiger partial charge is 0.342 e. The number of allylic oxidation sites excluding steroid dienone is 1. The van der Waals surface area contributed by atoms with Gasteiger partial charge >= 0.3 is 0 Å². The lowest BCUT2D eigenvalue weighted by atomic mass is 10.0. The van der Waals surface area contributed by atoms with Gasteiger partial charge in [0.2, 0.25) is 5.91 Å². The zero-order valence-corrected chi connectivity index (χ0v) is 22.9. The van der Waals surface area contributed by atoms with Crippen molar-refractivity contribution in [2.75, 3.05) is 11.1 Å². The molecule has 0 spiro atoms. The molecule has 36 heavy (non-hydrogen) atoms. The van der Waals surface area contributed by atoms with Crippen molar-refractivity contribution in [3.8, 4) is 0 Å². The highest BCUT2D eigenvalue weighted by Crippen LogP contribution is 2.30. The van der Waals surface area contributed by atoms with Gasteiger partial charge in [0.15, 0.2) is 11.0 Å². The zero-order valence-electron chi connectivity index (χ0n) is 19.8. The summed E-state index contributed by atoms with van der Waals surface area (Å²) in [5.41, 5.74) is 0.816. The predicted molar refractivity (Wildman–Crippen MR) is 147 cm³/mol. The number of anilines is 1. The fourth-order valence-corrected chi connectivity index (χ4v) is 4.79. The Morgan fingerprint density at radius 3 is 2.50 bits per heavy atom. The van der Waals surface area contributed by atoms with Gasteiger partial charge in [0, 0.05) is 6.54 Å². The number of nitrogens with zero attached hydrogens (tertiary/aromatic N) is 3. The molecule has 2 amide bonds. The Morgan fingerprint density at radius 2 is 1.81 bits per heavy atom. The number of thioether (sulfide) groups is 1. The number of halogens is 3. The Morgan fingerprint density at radius 1 is 1.08 bits per heavy atom. The van der Waals surface area contributed by atoms with E-state index in [1.807, 2.05) is 4.57 Å². The number of nitrogens with one attached hydrogen (secondary N) is 2. The van der Waals surface area contributed by atoms with Crippen LogP contribution in [0.3, 0.4) is 0 Å². The van der Waals surface area contributed by atoms with E-state index in [1.54, 1.807) is 48.5 Å². The van der Waals surface area contributed by atoms with E-state index in [-0.39, 0.29) is 28.5 Å². The highest BCUT2D eigenvalue weighted by Gasteiger charge is 2.25. The van der Waals surface area contributed by atoms with Crippen LogP contribution in [0.25, 0.3) is 0 Å². The fraction of sp³-hybridized carbons (Fsp3) is 0.280. The Labute approximate surface area is 229 Å². The smallest absolute Gasteiger partial charge is 0.253 e. The number of carbonyl (C=O) groups excluding carboxylic acids is 2. The van der Waals surface area contributed by atoms with Crippen molar-refractivity contribution in [1.29, 1.82) is 0 Å². The van der Waals surface area contributed by atoms with Gasteiger partial charge in [0.25, 0.3) is 5.91 Å². The second kappa shape index (κ2) is 13.1. The maximum atomic E-state index is 13.0. The van der Waals surface area contributed by atoms with Crippen LogP contribution in [0.1, 0.15) is 42.5 Å². The minimum Gasteiger partial charge on any atom is -0.342 e. The molecule has 2 aromatic carbocycles. The summed E-state index contributed by atoms with van der Waals surface area (Å²) in [6.07, 6.45) is 2.34. The number of carbonyl (C=O) groups is 2. The fourth-order valence-electron chi connectivity index (χ4n) is 3.46. The molecule has 0 bridgehead atoms. The van der Waals surface area contributed by atoms with Gasteiger partial charge in [-0.25, -0.2) is 0 Å². The van der Waals surface area contributed by atoms with E-state index in [9.17, 15) is 9.59 Å². The van der Waals surface area contributed by atoms with Crippen LogP contribution in [-0.2, 0) is 11.3 Å². The number of hydrogen-bond donors (Lipinski definition) is 2. The summed E-state index contributed by atoms with van der Waals surface area (Å²) in [5.74, 6) is 0.333. The molecule has 0 aliphatic rings. The van der Waals surface area contributed by atoms with E-state index in [0.717, 1.165) is 0 Å². The number of rotatable bonds is 11. The molecular weight excluding hydrogens is 541 g/mol. The summed E-state index contributed by atoms with van der Waals surface area (Å²) in [7, 11) is 0. The number of aromatic nitrogens is 3. The lowest BCUT2D eigenvalue weighted by Gasteiger charge is -2.21. The van der Waals surface area contributed by atoms with E-state index in [4.69, 9.17) is 34.8 Å². The second-order valence-corrected chi connectivity index (χ2v) is 10.4. The van der Waals surface area contributed by atoms with E-state index in [0.29, 0.717) is 45.2 Å². The van der Waals surface area contributed by atoms with Crippen molar-refractivity contribution in [1.82, 2.24) is 20.1 Å². The number of hydrogen-bond acceptors (Lipinski definition) is 5. The summed E-state index contributed by atoms with van der Waals surface area (Å²) in [6, 6.07) is 11.5. The van der Waals surface area contributed by atoms with Crippen LogP contribution in [-0.4, -0.2) is 32.3 Å². The van der Waals surface area contributed by atoms with Crippen molar-refractivity contribution >= 4 is 64.1 Å². The van der Waals surface area contributed by atoms with Crippen LogP contribution in [0.2, 0.25) is 15.1 Å². The monoisotopic (exact) mass is 565 g/mol. The zero-order chi connectivity index (χ0) is 26.2. The van der Waals surface area contributed by atoms with Gasteiger partial charge < -0.3 is 15.2 Å². The van der Waals surface area contributed by atoms with Crippen LogP contribution in [0.15, 0.2) is 60.3 Å². The van der Waals surface area contributed by atoms with E-state index >= 15 is 0 Å². The maximum absolute atomic E-state index is 13.0. The summed E-state index contributed by atoms with van der Waals surface area (Å²) < 4.78 is 1.84. The highest BCUT2D eigenvalue weighted by molar-refractivity contribution is 7.99. The first-order valence-electron chi connectivity index (χ1n) is 11.2. The lowest BCUT2D eigenvalue weighted by Crippen LogP contribution is -2.32. The Kier molecular flexibility index (Phi) is 10.2. The predicted octanol–water partition coefficient (Wildman–Crippen LogP) is 6.67. The standard InChI is InChI=1S/C25H26Cl3N5O2S/c1-4-12-33-23(20(13-15(2)3)30-24(35)16-8-5-6-9-17(16)26)31-32-25(33)36-14-21(34)29-19-11-7-10-18(27)22(19)28/h4-11,15,20H,1,12-14H2,2-3H3,(H,29,34)(H,30,35)/t20-/m1/s1. The molecule has 0 saturated heterocycles. The van der Waals surface area contributed by atoms with Gasteiger partial charge in [-0.3, -0.25) is 9.59 Å². The van der Waals surface area contributed by atoms with Crippen molar-refractivity contribution < 1.29 is 9.59 Å². The molecule has 0 aliphatic heterocycles. The molecule has 190 valence electrons. The molecule has 7 nitrogen and oxygen atoms in total. The molecule has 0 saturated carbocycles. The van der Waals surface area contributed by atoms with Crippen LogP contribution >= 0.6 is 46.6 Å². The SMILES string of the molecule is C=CCn1c(SCC(=O)Nc2cccc(Cl)c2Cl)nnc1[C@@H](CC(C)C)NC(=O)c1ccccc1Cl. The average Bonchev–Trinajstić information content (AvgIpc) is 3.23. The van der Waals surface area contributed by atoms with Crippen LogP contribution in [0, 0.1) is 5.92 Å². The third-order valence-corrected chi connectivity index (χ3v) is 7.17. The van der Waals surface area contributed by atoms with Crippen LogP contribution in [0.5, 0.6) is 0 Å². The van der Waals surface area contributed by atoms with E-state index < -0.39 is 6.04 Å². The third kappa shape index (κ3) is 7.26. The molecule has 0 aliphatic carbocycles. The molecule has 1 aromatic heterocycles. The summed E-state index contributed by atoms with van der Waals surface area (Å²) in [6.45, 7) is 8.35. The van der Waals surface area contributed by atoms with Crippen molar-refractivity contribution in [3.63, 3.8) is 0 Å². The van der Waals surface area contributed by atoms with E-state index in [1.165, 1.54) is 11.8 Å². The third-order valence-electron chi connectivity index (χ3n) is 5.06. The quantitative estimate of drug-likeness (QED) is 0.200. The topological polar surface area (TPSA) is 88.9 Å². The molecule has 1 atom stereocenters. The van der Waals surface area contributed by atoms with E-state index in [2.05, 4.69) is 41.3 Å². The molecule has 3 rings (SSSR count). The first-order valence-corrected chi connectivity index (χ1v) is 13.3. The first kappa shape index (κ1) is 28.1. The molecule has 0 fully saturated rings. The van der Waals surface area contributed by atoms with Gasteiger partial charge in [-0.05, 0) is 36.6 Å². The van der Waals surface area contributed by atoms with Gasteiger partial charge in [-0.15, -0.1) is 16.8 Å². The number of benzene rings is 2. The Bertz CT molecular complexity index is 1250. The lowest BCUT2D eigenvalue weighted by molar-refractivity contribution is -0.113. The summed E-state index contributed by atoms with van der Waals surface area (Å²) in [4.78, 5) is 25.6. The average molecular weight is 567 g/mol. The van der Waals surface area contributed by atoms with Gasteiger partial charge in [0.05, 0.1) is 38.1 Å². The minimum atomic E-state index is -0.422. The Hall–Kier alpha value is -2.52. The highest BCUT2D eigenvalue weighted by atomic mass is 35.5. The van der Waals surface area contributed by atoms with Gasteiger partial charge in [-0.1, -0.05) is 84.7 Å². The van der Waals surface area contributed by atoms with Crippen molar-refractivity contribution in [2.45, 2.75) is 38.0 Å². The van der Waals surface area contributed by atoms with Crippen molar-refractivity contribution in [2.24, 2.45) is 5.92 Å². The number of amides is 2. The molecule has 1 heterocycles. The van der Waals surface area contributed by atoms with Gasteiger partial charge in [-0.2, -0.15) is 0 Å². The molecule has 0 radical (unpaired) electrons. The van der Waals surface area contributed by atoms with Crippen LogP contribution in [0.4, 0.5) is 5.69 Å². The Balaban J connectivity index is 1.79. The molecule has 0 unspecified atom stereocenters. The van der Waals surface area contributed by atoms with Gasteiger partial charge in [0.1, 0.15) is 0 Å². The molecule has 11 heteroatoms.